The van der Waals surface area contributed by atoms with Crippen LogP contribution in [0.3, 0.4) is 0 Å². The number of aldehydes is 1. The number of carbonyl (C=O) groups excluding carboxylic acids is 1. The third-order valence-electron chi connectivity index (χ3n) is 0.598. The third kappa shape index (κ3) is 3.52. The van der Waals surface area contributed by atoms with Gasteiger partial charge in [0.25, 0.3) is 0 Å². The number of hydrogen-bond acceptors (Lipinski definition) is 3. The molecule has 0 saturated carbocycles. The van der Waals surface area contributed by atoms with Gasteiger partial charge in [-0.25, -0.2) is 0 Å². The summed E-state index contributed by atoms with van der Waals surface area (Å²) in [5, 5.41) is 16.3. The van der Waals surface area contributed by atoms with Gasteiger partial charge in [-0.05, 0) is 18.6 Å². The van der Waals surface area contributed by atoms with Crippen LogP contribution in [0.1, 0.15) is 6.92 Å². The molecule has 0 aliphatic heterocycles. The molecule has 0 aromatic carbocycles. The topological polar surface area (TPSA) is 57.5 Å². The second-order valence-corrected chi connectivity index (χ2v) is 1.44. The Labute approximate surface area is 47.3 Å². The van der Waals surface area contributed by atoms with Gasteiger partial charge in [0.2, 0.25) is 0 Å². The zero-order valence-electron chi connectivity index (χ0n) is 4.53. The second-order valence-electron chi connectivity index (χ2n) is 1.44. The highest BCUT2D eigenvalue weighted by Crippen LogP contribution is 1.87. The standard InChI is InChI=1S/C5H8O3/c1-4(3-6)2-5(7)8/h2-3,5,7-8H,1H3/b4-2+. The van der Waals surface area contributed by atoms with Gasteiger partial charge in [-0.15, -0.1) is 0 Å². The number of aliphatic hydroxyl groups excluding tert-OH is 1. The zero-order valence-corrected chi connectivity index (χ0v) is 4.53. The molecule has 8 heavy (non-hydrogen) atoms. The van der Waals surface area contributed by atoms with Crippen molar-refractivity contribution < 1.29 is 15.0 Å². The molecule has 0 aromatic rings. The Morgan fingerprint density at radius 3 is 2.25 bits per heavy atom. The van der Waals surface area contributed by atoms with Gasteiger partial charge >= 0.3 is 0 Å². The molecular weight excluding hydrogens is 108 g/mol. The van der Waals surface area contributed by atoms with Gasteiger partial charge in [0.1, 0.15) is 6.29 Å². The van der Waals surface area contributed by atoms with Crippen molar-refractivity contribution in [2.45, 2.75) is 13.2 Å². The van der Waals surface area contributed by atoms with Crippen molar-refractivity contribution in [1.82, 2.24) is 0 Å². The predicted octanol–water partition coefficient (Wildman–Crippen LogP) is -0.558. The average Bonchev–Trinajstić information content (AvgIpc) is 1.65. The Kier molecular flexibility index (Phi) is 3.07. The molecule has 46 valence electrons. The zero-order chi connectivity index (χ0) is 6.57. The minimum absolute atomic E-state index is 0.319. The molecule has 0 spiro atoms. The summed E-state index contributed by atoms with van der Waals surface area (Å²) in [6.45, 7) is 1.49. The lowest BCUT2D eigenvalue weighted by Crippen LogP contribution is -1.99. The Morgan fingerprint density at radius 2 is 2.12 bits per heavy atom. The summed E-state index contributed by atoms with van der Waals surface area (Å²) in [4.78, 5) is 9.75. The fraction of sp³-hybridized carbons (Fsp3) is 0.400. The third-order valence-corrected chi connectivity index (χ3v) is 0.598. The van der Waals surface area contributed by atoms with E-state index < -0.39 is 6.29 Å². The first kappa shape index (κ1) is 7.33. The van der Waals surface area contributed by atoms with E-state index in [2.05, 4.69) is 0 Å². The molecule has 0 unspecified atom stereocenters. The van der Waals surface area contributed by atoms with Gasteiger partial charge in [-0.1, -0.05) is 0 Å². The van der Waals surface area contributed by atoms with Crippen LogP contribution in [0.2, 0.25) is 0 Å². The molecule has 0 amide bonds. The summed E-state index contributed by atoms with van der Waals surface area (Å²) in [6.07, 6.45) is 0.0899. The Morgan fingerprint density at radius 1 is 1.62 bits per heavy atom. The molecule has 3 nitrogen and oxygen atoms in total. The van der Waals surface area contributed by atoms with Crippen LogP contribution in [-0.4, -0.2) is 22.8 Å². The lowest BCUT2D eigenvalue weighted by atomic mass is 10.3. The highest BCUT2D eigenvalue weighted by atomic mass is 16.5. The van der Waals surface area contributed by atoms with E-state index in [9.17, 15) is 4.79 Å². The van der Waals surface area contributed by atoms with Crippen molar-refractivity contribution >= 4 is 6.29 Å². The average molecular weight is 116 g/mol. The highest BCUT2D eigenvalue weighted by molar-refractivity contribution is 5.72. The van der Waals surface area contributed by atoms with E-state index in [1.54, 1.807) is 0 Å². The second kappa shape index (κ2) is 3.35. The maximum Gasteiger partial charge on any atom is 0.171 e. The normalized spacial score (nSPS) is 12.2. The number of rotatable bonds is 2. The first-order valence-corrected chi connectivity index (χ1v) is 2.16. The predicted molar refractivity (Wildman–Crippen MR) is 28.0 cm³/mol. The molecule has 0 aromatic heterocycles. The molecule has 0 radical (unpaired) electrons. The monoisotopic (exact) mass is 116 g/mol. The van der Waals surface area contributed by atoms with E-state index in [0.717, 1.165) is 6.08 Å². The van der Waals surface area contributed by atoms with E-state index in [1.807, 2.05) is 0 Å². The van der Waals surface area contributed by atoms with Crippen LogP contribution < -0.4 is 0 Å². The van der Waals surface area contributed by atoms with Crippen molar-refractivity contribution in [3.8, 4) is 0 Å². The van der Waals surface area contributed by atoms with Crippen LogP contribution in [0.15, 0.2) is 11.6 Å². The van der Waals surface area contributed by atoms with E-state index in [1.165, 1.54) is 6.92 Å². The van der Waals surface area contributed by atoms with Gasteiger partial charge in [-0.3, -0.25) is 4.79 Å². The molecule has 0 saturated heterocycles. The van der Waals surface area contributed by atoms with E-state index in [0.29, 0.717) is 11.9 Å². The molecule has 2 N–H and O–H groups in total. The minimum atomic E-state index is -1.51. The first-order chi connectivity index (χ1) is 3.66. The molecule has 0 rings (SSSR count). The van der Waals surface area contributed by atoms with Crippen molar-refractivity contribution in [1.29, 1.82) is 0 Å². The van der Waals surface area contributed by atoms with Gasteiger partial charge in [0, 0.05) is 0 Å². The molecular formula is C5H8O3. The Balaban J connectivity index is 3.74. The first-order valence-electron chi connectivity index (χ1n) is 2.16. The molecule has 3 heteroatoms. The van der Waals surface area contributed by atoms with Gasteiger partial charge in [-0.2, -0.15) is 0 Å². The van der Waals surface area contributed by atoms with Gasteiger partial charge in [0.05, 0.1) is 0 Å². The van der Waals surface area contributed by atoms with Gasteiger partial charge in [0.15, 0.2) is 6.29 Å². The summed E-state index contributed by atoms with van der Waals surface area (Å²) in [5.41, 5.74) is 0.319. The molecule has 0 bridgehead atoms. The van der Waals surface area contributed by atoms with Crippen LogP contribution in [0, 0.1) is 0 Å². The SMILES string of the molecule is C/C(C=O)=C\C(O)O. The van der Waals surface area contributed by atoms with Crippen LogP contribution in [0.4, 0.5) is 0 Å². The summed E-state index contributed by atoms with van der Waals surface area (Å²) in [7, 11) is 0. The Hall–Kier alpha value is -0.670. The summed E-state index contributed by atoms with van der Waals surface area (Å²) in [5.74, 6) is 0. The summed E-state index contributed by atoms with van der Waals surface area (Å²) in [6, 6.07) is 0. The molecule has 0 aliphatic carbocycles. The maximum atomic E-state index is 9.75. The smallest absolute Gasteiger partial charge is 0.171 e. The highest BCUT2D eigenvalue weighted by Gasteiger charge is 1.89. The molecule has 0 heterocycles. The maximum absolute atomic E-state index is 9.75. The fourth-order valence-corrected chi connectivity index (χ4v) is 0.274. The van der Waals surface area contributed by atoms with Crippen molar-refractivity contribution in [2.75, 3.05) is 0 Å². The lowest BCUT2D eigenvalue weighted by molar-refractivity contribution is -0.105. The van der Waals surface area contributed by atoms with Crippen LogP contribution >= 0.6 is 0 Å². The minimum Gasteiger partial charge on any atom is -0.365 e. The summed E-state index contributed by atoms with van der Waals surface area (Å²) >= 11 is 0. The van der Waals surface area contributed by atoms with Crippen molar-refractivity contribution in [3.05, 3.63) is 11.6 Å². The Bertz CT molecular complexity index is 104. The van der Waals surface area contributed by atoms with Crippen molar-refractivity contribution in [2.24, 2.45) is 0 Å². The van der Waals surface area contributed by atoms with E-state index in [4.69, 9.17) is 10.2 Å². The quantitative estimate of drug-likeness (QED) is 0.289. The molecule has 0 aliphatic rings. The van der Waals surface area contributed by atoms with Gasteiger partial charge < -0.3 is 10.2 Å². The molecule has 0 fully saturated rings. The summed E-state index contributed by atoms with van der Waals surface area (Å²) < 4.78 is 0. The largest absolute Gasteiger partial charge is 0.365 e. The van der Waals surface area contributed by atoms with Crippen LogP contribution in [0.5, 0.6) is 0 Å². The molecule has 0 atom stereocenters. The van der Waals surface area contributed by atoms with E-state index >= 15 is 0 Å². The fourth-order valence-electron chi connectivity index (χ4n) is 0.274. The number of allylic oxidation sites excluding steroid dienone is 1. The van der Waals surface area contributed by atoms with Crippen LogP contribution in [0.25, 0.3) is 0 Å². The lowest BCUT2D eigenvalue weighted by Gasteiger charge is -1.91. The number of aliphatic hydroxyl groups is 2. The van der Waals surface area contributed by atoms with Crippen LogP contribution in [-0.2, 0) is 4.79 Å². The van der Waals surface area contributed by atoms with Crippen molar-refractivity contribution in [3.63, 3.8) is 0 Å². The van der Waals surface area contributed by atoms with E-state index in [-0.39, 0.29) is 0 Å². The number of carbonyl (C=O) groups is 1. The number of hydrogen-bond donors (Lipinski definition) is 2.